The molecule has 0 spiro atoms. The Morgan fingerprint density at radius 1 is 1.38 bits per heavy atom. The Labute approximate surface area is 126 Å². The molecule has 3 N–H and O–H groups in total. The Morgan fingerprint density at radius 2 is 2.19 bits per heavy atom. The van der Waals surface area contributed by atoms with E-state index in [4.69, 9.17) is 10.5 Å². The van der Waals surface area contributed by atoms with Gasteiger partial charge >= 0.3 is 0 Å². The van der Waals surface area contributed by atoms with E-state index >= 15 is 0 Å². The lowest BCUT2D eigenvalue weighted by molar-refractivity contribution is -0.127. The molecule has 4 heteroatoms. The molecule has 4 atom stereocenters. The van der Waals surface area contributed by atoms with Crippen LogP contribution in [0.1, 0.15) is 24.8 Å². The monoisotopic (exact) mass is 288 g/mol. The summed E-state index contributed by atoms with van der Waals surface area (Å²) in [6.07, 6.45) is 3.50. The summed E-state index contributed by atoms with van der Waals surface area (Å²) >= 11 is 0. The van der Waals surface area contributed by atoms with Crippen molar-refractivity contribution in [2.24, 2.45) is 23.5 Å². The number of hydrogen-bond donors (Lipinski definition) is 2. The molecule has 1 amide bonds. The molecule has 1 aromatic carbocycles. The Hall–Kier alpha value is -1.55. The first-order chi connectivity index (χ1) is 10.1. The van der Waals surface area contributed by atoms with E-state index in [0.29, 0.717) is 25.0 Å². The van der Waals surface area contributed by atoms with E-state index in [2.05, 4.69) is 5.32 Å². The second-order valence-electron chi connectivity index (χ2n) is 6.39. The minimum absolute atomic E-state index is 0.0164. The summed E-state index contributed by atoms with van der Waals surface area (Å²) in [6.45, 7) is 3.06. The van der Waals surface area contributed by atoms with E-state index in [1.165, 1.54) is 12.0 Å². The molecule has 3 rings (SSSR count). The highest BCUT2D eigenvalue weighted by Gasteiger charge is 2.48. The van der Waals surface area contributed by atoms with Gasteiger partial charge in [-0.25, -0.2) is 0 Å². The van der Waals surface area contributed by atoms with E-state index in [9.17, 15) is 4.79 Å². The molecule has 2 fully saturated rings. The van der Waals surface area contributed by atoms with Crippen molar-refractivity contribution in [3.05, 3.63) is 29.8 Å². The molecule has 4 unspecified atom stereocenters. The summed E-state index contributed by atoms with van der Waals surface area (Å²) < 4.78 is 5.64. The van der Waals surface area contributed by atoms with E-state index < -0.39 is 0 Å². The number of nitrogens with one attached hydrogen (secondary N) is 1. The maximum atomic E-state index is 12.3. The zero-order valence-electron chi connectivity index (χ0n) is 12.5. The first kappa shape index (κ1) is 14.4. The minimum atomic E-state index is 0.0164. The van der Waals surface area contributed by atoms with Gasteiger partial charge in [-0.05, 0) is 55.7 Å². The number of fused-ring (bicyclic) bond motifs is 2. The highest BCUT2D eigenvalue weighted by atomic mass is 16.5. The Balaban J connectivity index is 1.42. The van der Waals surface area contributed by atoms with Crippen LogP contribution in [0.2, 0.25) is 0 Å². The van der Waals surface area contributed by atoms with Crippen LogP contribution in [0.4, 0.5) is 0 Å². The fourth-order valence-corrected chi connectivity index (χ4v) is 3.89. The van der Waals surface area contributed by atoms with E-state index in [1.54, 1.807) is 0 Å². The molecule has 4 nitrogen and oxygen atoms in total. The first-order valence-corrected chi connectivity index (χ1v) is 7.88. The van der Waals surface area contributed by atoms with Crippen molar-refractivity contribution in [2.45, 2.75) is 32.2 Å². The largest absolute Gasteiger partial charge is 0.492 e. The van der Waals surface area contributed by atoms with Gasteiger partial charge in [0.25, 0.3) is 0 Å². The Morgan fingerprint density at radius 3 is 2.90 bits per heavy atom. The molecule has 0 aromatic heterocycles. The number of carbonyl (C=O) groups excluding carboxylic acids is 1. The molecule has 0 aliphatic heterocycles. The fraction of sp³-hybridized carbons (Fsp3) is 0.588. The lowest BCUT2D eigenvalue weighted by Gasteiger charge is -2.27. The van der Waals surface area contributed by atoms with Gasteiger partial charge in [-0.1, -0.05) is 12.1 Å². The van der Waals surface area contributed by atoms with Gasteiger partial charge < -0.3 is 15.8 Å². The van der Waals surface area contributed by atoms with Gasteiger partial charge in [0.2, 0.25) is 5.91 Å². The molecule has 2 bridgehead atoms. The Bertz CT molecular complexity index is 515. The predicted molar refractivity (Wildman–Crippen MR) is 82.0 cm³/mol. The molecular formula is C17H24N2O2. The molecule has 0 heterocycles. The number of carbonyl (C=O) groups is 1. The second kappa shape index (κ2) is 6.06. The molecule has 2 aliphatic carbocycles. The smallest absolute Gasteiger partial charge is 0.225 e. The van der Waals surface area contributed by atoms with Crippen molar-refractivity contribution in [3.8, 4) is 5.75 Å². The summed E-state index contributed by atoms with van der Waals surface area (Å²) in [4.78, 5) is 12.3. The van der Waals surface area contributed by atoms with Crippen LogP contribution in [0.5, 0.6) is 5.75 Å². The third-order valence-corrected chi connectivity index (χ3v) is 4.94. The van der Waals surface area contributed by atoms with Crippen LogP contribution in [0.3, 0.4) is 0 Å². The van der Waals surface area contributed by atoms with Gasteiger partial charge in [-0.3, -0.25) is 4.79 Å². The average Bonchev–Trinajstić information content (AvgIpc) is 3.04. The summed E-state index contributed by atoms with van der Waals surface area (Å²) in [6, 6.07) is 7.98. The fourth-order valence-electron chi connectivity index (χ4n) is 3.89. The summed E-state index contributed by atoms with van der Waals surface area (Å²) in [5.41, 5.74) is 7.36. The molecule has 21 heavy (non-hydrogen) atoms. The topological polar surface area (TPSA) is 64.3 Å². The first-order valence-electron chi connectivity index (χ1n) is 7.88. The van der Waals surface area contributed by atoms with Crippen LogP contribution in [0.25, 0.3) is 0 Å². The number of rotatable bonds is 5. The number of aryl methyl sites for hydroxylation is 1. The van der Waals surface area contributed by atoms with Crippen LogP contribution in [-0.4, -0.2) is 25.1 Å². The molecule has 2 aliphatic rings. The van der Waals surface area contributed by atoms with Gasteiger partial charge in [0.05, 0.1) is 12.5 Å². The van der Waals surface area contributed by atoms with Crippen molar-refractivity contribution in [3.63, 3.8) is 0 Å². The summed E-state index contributed by atoms with van der Waals surface area (Å²) in [5, 5.41) is 2.98. The molecule has 2 saturated carbocycles. The average molecular weight is 288 g/mol. The lowest BCUT2D eigenvalue weighted by atomic mass is 9.84. The summed E-state index contributed by atoms with van der Waals surface area (Å²) in [5.74, 6) is 2.04. The molecular weight excluding hydrogens is 264 g/mol. The van der Waals surface area contributed by atoms with Crippen LogP contribution >= 0.6 is 0 Å². The molecule has 1 aromatic rings. The van der Waals surface area contributed by atoms with E-state index in [0.717, 1.165) is 18.6 Å². The predicted octanol–water partition coefficient (Wildman–Crippen LogP) is 1.86. The number of nitrogens with two attached hydrogens (primary N) is 1. The third-order valence-electron chi connectivity index (χ3n) is 4.94. The van der Waals surface area contributed by atoms with E-state index in [-0.39, 0.29) is 17.9 Å². The number of benzene rings is 1. The number of amides is 1. The van der Waals surface area contributed by atoms with Crippen LogP contribution in [-0.2, 0) is 4.79 Å². The second-order valence-corrected chi connectivity index (χ2v) is 6.39. The quantitative estimate of drug-likeness (QED) is 0.813. The lowest BCUT2D eigenvalue weighted by Crippen LogP contribution is -2.46. The van der Waals surface area contributed by atoms with Crippen molar-refractivity contribution < 1.29 is 9.53 Å². The third kappa shape index (κ3) is 3.05. The van der Waals surface area contributed by atoms with Crippen LogP contribution in [0, 0.1) is 24.7 Å². The maximum Gasteiger partial charge on any atom is 0.225 e. The SMILES string of the molecule is Cc1cccc(OCCNC(=O)C2C3CCC(C3)C2N)c1. The zero-order chi connectivity index (χ0) is 14.8. The maximum absolute atomic E-state index is 12.3. The zero-order valence-corrected chi connectivity index (χ0v) is 12.5. The van der Waals surface area contributed by atoms with Gasteiger partial charge in [0.1, 0.15) is 12.4 Å². The van der Waals surface area contributed by atoms with Crippen LogP contribution in [0.15, 0.2) is 24.3 Å². The van der Waals surface area contributed by atoms with Crippen molar-refractivity contribution >= 4 is 5.91 Å². The molecule has 0 radical (unpaired) electrons. The van der Waals surface area contributed by atoms with Crippen LogP contribution < -0.4 is 15.8 Å². The standard InChI is InChI=1S/C17H24N2O2/c1-11-3-2-4-14(9-11)21-8-7-19-17(20)15-12-5-6-13(10-12)16(15)18/h2-4,9,12-13,15-16H,5-8,10,18H2,1H3,(H,19,20). The van der Waals surface area contributed by atoms with E-state index in [1.807, 2.05) is 31.2 Å². The molecule has 0 saturated heterocycles. The summed E-state index contributed by atoms with van der Waals surface area (Å²) in [7, 11) is 0. The molecule has 114 valence electrons. The van der Waals surface area contributed by atoms with Crippen molar-refractivity contribution in [1.82, 2.24) is 5.32 Å². The highest BCUT2D eigenvalue weighted by molar-refractivity contribution is 5.80. The highest BCUT2D eigenvalue weighted by Crippen LogP contribution is 2.47. The number of ether oxygens (including phenoxy) is 1. The Kier molecular flexibility index (Phi) is 4.15. The minimum Gasteiger partial charge on any atom is -0.492 e. The van der Waals surface area contributed by atoms with Gasteiger partial charge in [-0.2, -0.15) is 0 Å². The van der Waals surface area contributed by atoms with Gasteiger partial charge in [-0.15, -0.1) is 0 Å². The van der Waals surface area contributed by atoms with Crippen molar-refractivity contribution in [2.75, 3.05) is 13.2 Å². The normalized spacial score (nSPS) is 30.4. The number of hydrogen-bond acceptors (Lipinski definition) is 3. The van der Waals surface area contributed by atoms with Crippen molar-refractivity contribution in [1.29, 1.82) is 0 Å². The van der Waals surface area contributed by atoms with Gasteiger partial charge in [0, 0.05) is 6.04 Å². The van der Waals surface area contributed by atoms with Gasteiger partial charge in [0.15, 0.2) is 0 Å².